The lowest BCUT2D eigenvalue weighted by Gasteiger charge is -2.37. The fourth-order valence-corrected chi connectivity index (χ4v) is 3.78. The van der Waals surface area contributed by atoms with Crippen molar-refractivity contribution in [3.05, 3.63) is 28.2 Å². The van der Waals surface area contributed by atoms with Gasteiger partial charge >= 0.3 is 0 Å². The van der Waals surface area contributed by atoms with E-state index in [1.807, 2.05) is 0 Å². The molecule has 0 spiro atoms. The van der Waals surface area contributed by atoms with Gasteiger partial charge in [-0.2, -0.15) is 0 Å². The first-order chi connectivity index (χ1) is 10.0. The van der Waals surface area contributed by atoms with Crippen LogP contribution in [0.3, 0.4) is 0 Å². The summed E-state index contributed by atoms with van der Waals surface area (Å²) >= 11 is 3.64. The summed E-state index contributed by atoms with van der Waals surface area (Å²) in [7, 11) is 2.27. The number of benzene rings is 1. The highest BCUT2D eigenvalue weighted by Crippen LogP contribution is 2.34. The average Bonchev–Trinajstić information content (AvgIpc) is 2.47. The molecule has 1 saturated carbocycles. The Balaban J connectivity index is 2.22. The van der Waals surface area contributed by atoms with Crippen molar-refractivity contribution in [2.45, 2.75) is 58.5 Å². The number of rotatable bonds is 5. The second kappa shape index (κ2) is 7.64. The van der Waals surface area contributed by atoms with Gasteiger partial charge in [-0.1, -0.05) is 35.8 Å². The van der Waals surface area contributed by atoms with Gasteiger partial charge in [-0.05, 0) is 62.8 Å². The van der Waals surface area contributed by atoms with Crippen LogP contribution in [0.2, 0.25) is 0 Å². The van der Waals surface area contributed by atoms with Crippen LogP contribution in [0.25, 0.3) is 0 Å². The maximum Gasteiger partial charge on any atom is 0.0425 e. The minimum absolute atomic E-state index is 0.392. The second-order valence-corrected chi connectivity index (χ2v) is 7.42. The van der Waals surface area contributed by atoms with E-state index in [2.05, 4.69) is 72.2 Å². The van der Waals surface area contributed by atoms with Gasteiger partial charge in [0.15, 0.2) is 0 Å². The van der Waals surface area contributed by atoms with Gasteiger partial charge in [-0.25, -0.2) is 0 Å². The Kier molecular flexibility index (Phi) is 6.12. The summed E-state index contributed by atoms with van der Waals surface area (Å²) < 4.78 is 1.17. The van der Waals surface area contributed by atoms with Gasteiger partial charge in [0.1, 0.15) is 0 Å². The number of hydrogen-bond acceptors (Lipinski definition) is 2. The van der Waals surface area contributed by atoms with Crippen LogP contribution >= 0.6 is 15.9 Å². The van der Waals surface area contributed by atoms with E-state index >= 15 is 0 Å². The van der Waals surface area contributed by atoms with Crippen LogP contribution in [0.1, 0.15) is 58.1 Å². The number of hydrogen-bond donors (Lipinski definition) is 1. The third kappa shape index (κ3) is 4.23. The van der Waals surface area contributed by atoms with Gasteiger partial charge in [-0.3, -0.25) is 0 Å². The molecule has 1 aromatic carbocycles. The molecule has 21 heavy (non-hydrogen) atoms. The van der Waals surface area contributed by atoms with Crippen LogP contribution in [-0.4, -0.2) is 19.6 Å². The molecule has 0 bridgehead atoms. The molecule has 1 aliphatic carbocycles. The molecule has 1 fully saturated rings. The van der Waals surface area contributed by atoms with E-state index in [1.165, 1.54) is 41.4 Å². The lowest BCUT2D eigenvalue weighted by molar-refractivity contribution is 0.340. The minimum atomic E-state index is 0.392. The summed E-state index contributed by atoms with van der Waals surface area (Å²) in [6.45, 7) is 7.81. The van der Waals surface area contributed by atoms with Gasteiger partial charge < -0.3 is 10.2 Å². The largest absolute Gasteiger partial charge is 0.371 e. The molecule has 3 heteroatoms. The molecule has 0 aliphatic heterocycles. The normalized spacial score (nSPS) is 23.9. The highest BCUT2D eigenvalue weighted by atomic mass is 79.9. The first-order valence-corrected chi connectivity index (χ1v) is 9.07. The van der Waals surface area contributed by atoms with E-state index in [0.717, 1.165) is 12.5 Å². The quantitative estimate of drug-likeness (QED) is 0.789. The lowest BCUT2D eigenvalue weighted by atomic mass is 9.86. The van der Waals surface area contributed by atoms with E-state index < -0.39 is 0 Å². The molecule has 1 atom stereocenters. The first kappa shape index (κ1) is 16.8. The predicted octanol–water partition coefficient (Wildman–Crippen LogP) is 5.13. The zero-order chi connectivity index (χ0) is 15.4. The summed E-state index contributed by atoms with van der Waals surface area (Å²) in [5.74, 6) is 0.900. The van der Waals surface area contributed by atoms with E-state index in [9.17, 15) is 0 Å². The van der Waals surface area contributed by atoms with E-state index in [0.29, 0.717) is 12.1 Å². The molecular weight excluding hydrogens is 324 g/mol. The molecule has 1 N–H and O–H groups in total. The zero-order valence-electron chi connectivity index (χ0n) is 13.8. The number of nitrogens with zero attached hydrogens (tertiary/aromatic N) is 1. The Morgan fingerprint density at radius 1 is 1.29 bits per heavy atom. The summed E-state index contributed by atoms with van der Waals surface area (Å²) in [6.07, 6.45) is 5.36. The van der Waals surface area contributed by atoms with Crippen molar-refractivity contribution in [2.75, 3.05) is 18.5 Å². The Morgan fingerprint density at radius 3 is 2.57 bits per heavy atom. The Hall–Kier alpha value is -0.540. The highest BCUT2D eigenvalue weighted by molar-refractivity contribution is 9.10. The molecule has 0 saturated heterocycles. The maximum absolute atomic E-state index is 3.64. The van der Waals surface area contributed by atoms with Gasteiger partial charge in [-0.15, -0.1) is 0 Å². The van der Waals surface area contributed by atoms with Crippen molar-refractivity contribution in [1.82, 2.24) is 5.32 Å². The fraction of sp³-hybridized carbons (Fsp3) is 0.667. The SMILES string of the molecule is CCNC(C)c1ccc(Br)cc1N(C)C1CCC(C)CC1. The summed E-state index contributed by atoms with van der Waals surface area (Å²) in [5.41, 5.74) is 2.78. The van der Waals surface area contributed by atoms with Crippen molar-refractivity contribution in [3.8, 4) is 0 Å². The third-order valence-electron chi connectivity index (χ3n) is 4.88. The predicted molar refractivity (Wildman–Crippen MR) is 96.1 cm³/mol. The van der Waals surface area contributed by atoms with Crippen LogP contribution in [-0.2, 0) is 0 Å². The Bertz CT molecular complexity index is 453. The topological polar surface area (TPSA) is 15.3 Å². The first-order valence-electron chi connectivity index (χ1n) is 8.28. The smallest absolute Gasteiger partial charge is 0.0425 e. The number of anilines is 1. The molecule has 1 aromatic rings. The van der Waals surface area contributed by atoms with Crippen LogP contribution in [0.15, 0.2) is 22.7 Å². The van der Waals surface area contributed by atoms with Crippen LogP contribution in [0.5, 0.6) is 0 Å². The molecule has 0 aromatic heterocycles. The highest BCUT2D eigenvalue weighted by Gasteiger charge is 2.24. The fourth-order valence-electron chi connectivity index (χ4n) is 3.43. The van der Waals surface area contributed by atoms with Crippen molar-refractivity contribution in [2.24, 2.45) is 5.92 Å². The molecule has 0 radical (unpaired) electrons. The van der Waals surface area contributed by atoms with Crippen LogP contribution in [0.4, 0.5) is 5.69 Å². The molecule has 2 rings (SSSR count). The summed E-state index contributed by atoms with van der Waals surface area (Å²) in [6, 6.07) is 7.77. The maximum atomic E-state index is 3.64. The molecule has 1 unspecified atom stereocenters. The van der Waals surface area contributed by atoms with Crippen molar-refractivity contribution >= 4 is 21.6 Å². The van der Waals surface area contributed by atoms with E-state index in [1.54, 1.807) is 0 Å². The molecule has 1 aliphatic rings. The number of nitrogens with one attached hydrogen (secondary N) is 1. The Morgan fingerprint density at radius 2 is 1.95 bits per heavy atom. The summed E-state index contributed by atoms with van der Waals surface area (Å²) in [5, 5.41) is 3.54. The standard InChI is InChI=1S/C18H29BrN2/c1-5-20-14(3)17-11-8-15(19)12-18(17)21(4)16-9-6-13(2)7-10-16/h8,11-14,16,20H,5-7,9-10H2,1-4H3. The molecule has 2 nitrogen and oxygen atoms in total. The van der Waals surface area contributed by atoms with Gasteiger partial charge in [0, 0.05) is 29.3 Å². The molecule has 118 valence electrons. The zero-order valence-corrected chi connectivity index (χ0v) is 15.4. The monoisotopic (exact) mass is 352 g/mol. The minimum Gasteiger partial charge on any atom is -0.371 e. The van der Waals surface area contributed by atoms with Crippen molar-refractivity contribution < 1.29 is 0 Å². The number of halogens is 1. The van der Waals surface area contributed by atoms with Gasteiger partial charge in [0.2, 0.25) is 0 Å². The third-order valence-corrected chi connectivity index (χ3v) is 5.38. The lowest BCUT2D eigenvalue weighted by Crippen LogP contribution is -2.36. The Labute approximate surface area is 138 Å². The molecule has 0 heterocycles. The van der Waals surface area contributed by atoms with E-state index in [-0.39, 0.29) is 0 Å². The van der Waals surface area contributed by atoms with Crippen LogP contribution in [0, 0.1) is 5.92 Å². The van der Waals surface area contributed by atoms with Gasteiger partial charge in [0.25, 0.3) is 0 Å². The summed E-state index contributed by atoms with van der Waals surface area (Å²) in [4.78, 5) is 2.51. The second-order valence-electron chi connectivity index (χ2n) is 6.51. The van der Waals surface area contributed by atoms with Crippen molar-refractivity contribution in [3.63, 3.8) is 0 Å². The average molecular weight is 353 g/mol. The van der Waals surface area contributed by atoms with Gasteiger partial charge in [0.05, 0.1) is 0 Å². The molecular formula is C18H29BrN2. The van der Waals surface area contributed by atoms with Crippen LogP contribution < -0.4 is 10.2 Å². The van der Waals surface area contributed by atoms with E-state index in [4.69, 9.17) is 0 Å². The van der Waals surface area contributed by atoms with Crippen molar-refractivity contribution in [1.29, 1.82) is 0 Å². The molecule has 0 amide bonds.